The zero-order chi connectivity index (χ0) is 19.4. The van der Waals surface area contributed by atoms with Crippen LogP contribution in [0.3, 0.4) is 0 Å². The fraction of sp³-hybridized carbons (Fsp3) is 0.368. The Hall–Kier alpha value is -2.45. The van der Waals surface area contributed by atoms with E-state index in [0.29, 0.717) is 25.2 Å². The molecule has 0 aliphatic carbocycles. The van der Waals surface area contributed by atoms with Gasteiger partial charge in [0.25, 0.3) is 5.69 Å². The minimum atomic E-state index is -4.34. The highest BCUT2D eigenvalue weighted by atomic mass is 19.4. The molecule has 1 aliphatic rings. The van der Waals surface area contributed by atoms with Gasteiger partial charge in [-0.15, -0.1) is 0 Å². The molecule has 144 valence electrons. The summed E-state index contributed by atoms with van der Waals surface area (Å²) in [5.41, 5.74) is 0.774. The number of halogens is 3. The van der Waals surface area contributed by atoms with E-state index in [4.69, 9.17) is 0 Å². The van der Waals surface area contributed by atoms with Crippen LogP contribution in [0.15, 0.2) is 48.5 Å². The van der Waals surface area contributed by atoms with Gasteiger partial charge in [-0.05, 0) is 17.2 Å². The standard InChI is InChI=1S/C19H20F3N3O2/c20-19(21,22)18-4-2-1-3-16(18)14-24-11-9-23(10-12-24)13-15-5-7-17(8-6-15)25(26)27/h1-8H,9-14H2. The topological polar surface area (TPSA) is 49.6 Å². The van der Waals surface area contributed by atoms with Gasteiger partial charge in [0.15, 0.2) is 0 Å². The summed E-state index contributed by atoms with van der Waals surface area (Å²) in [4.78, 5) is 14.5. The van der Waals surface area contributed by atoms with Crippen LogP contribution in [0.25, 0.3) is 0 Å². The van der Waals surface area contributed by atoms with Crippen molar-refractivity contribution >= 4 is 5.69 Å². The molecular formula is C19H20F3N3O2. The fourth-order valence-electron chi connectivity index (χ4n) is 3.26. The van der Waals surface area contributed by atoms with Crippen molar-refractivity contribution in [2.45, 2.75) is 19.3 Å². The van der Waals surface area contributed by atoms with Crippen LogP contribution in [0.2, 0.25) is 0 Å². The number of piperazine rings is 1. The summed E-state index contributed by atoms with van der Waals surface area (Å²) in [5.74, 6) is 0. The van der Waals surface area contributed by atoms with E-state index in [9.17, 15) is 23.3 Å². The zero-order valence-electron chi connectivity index (χ0n) is 14.7. The molecule has 1 fully saturated rings. The number of hydrogen-bond acceptors (Lipinski definition) is 4. The Morgan fingerprint density at radius 1 is 0.889 bits per heavy atom. The first-order valence-electron chi connectivity index (χ1n) is 8.66. The monoisotopic (exact) mass is 379 g/mol. The minimum absolute atomic E-state index is 0.0619. The Morgan fingerprint density at radius 3 is 2.00 bits per heavy atom. The van der Waals surface area contributed by atoms with Crippen molar-refractivity contribution < 1.29 is 18.1 Å². The number of nitro groups is 1. The predicted octanol–water partition coefficient (Wildman–Crippen LogP) is 3.93. The molecule has 0 aromatic heterocycles. The molecule has 27 heavy (non-hydrogen) atoms. The quantitative estimate of drug-likeness (QED) is 0.583. The molecule has 1 heterocycles. The molecule has 1 saturated heterocycles. The van der Waals surface area contributed by atoms with Crippen molar-refractivity contribution in [3.8, 4) is 0 Å². The largest absolute Gasteiger partial charge is 0.416 e. The summed E-state index contributed by atoms with van der Waals surface area (Å²) in [7, 11) is 0. The van der Waals surface area contributed by atoms with E-state index < -0.39 is 16.7 Å². The molecular weight excluding hydrogens is 359 g/mol. The number of nitro benzene ring substituents is 1. The Labute approximate surface area is 155 Å². The van der Waals surface area contributed by atoms with Crippen LogP contribution in [-0.2, 0) is 19.3 Å². The lowest BCUT2D eigenvalue weighted by atomic mass is 10.1. The van der Waals surface area contributed by atoms with Crippen LogP contribution in [-0.4, -0.2) is 40.9 Å². The molecule has 3 rings (SSSR count). The smallest absolute Gasteiger partial charge is 0.297 e. The first kappa shape index (κ1) is 19.3. The highest BCUT2D eigenvalue weighted by molar-refractivity contribution is 5.33. The van der Waals surface area contributed by atoms with Gasteiger partial charge in [0.1, 0.15) is 0 Å². The highest BCUT2D eigenvalue weighted by Crippen LogP contribution is 2.32. The normalized spacial score (nSPS) is 16.4. The van der Waals surface area contributed by atoms with Crippen LogP contribution in [0.4, 0.5) is 18.9 Å². The summed E-state index contributed by atoms with van der Waals surface area (Å²) in [6.45, 7) is 3.79. The second-order valence-electron chi connectivity index (χ2n) is 6.63. The van der Waals surface area contributed by atoms with Crippen LogP contribution in [0.1, 0.15) is 16.7 Å². The van der Waals surface area contributed by atoms with Gasteiger partial charge in [0.2, 0.25) is 0 Å². The van der Waals surface area contributed by atoms with E-state index in [1.807, 2.05) is 4.90 Å². The lowest BCUT2D eigenvalue weighted by molar-refractivity contribution is -0.384. The third-order valence-electron chi connectivity index (χ3n) is 4.73. The van der Waals surface area contributed by atoms with Crippen molar-refractivity contribution in [2.24, 2.45) is 0 Å². The van der Waals surface area contributed by atoms with Crippen molar-refractivity contribution in [1.29, 1.82) is 0 Å². The van der Waals surface area contributed by atoms with E-state index in [2.05, 4.69) is 4.90 Å². The first-order chi connectivity index (χ1) is 12.8. The molecule has 0 spiro atoms. The average molecular weight is 379 g/mol. The van der Waals surface area contributed by atoms with Gasteiger partial charge in [-0.25, -0.2) is 0 Å². The molecule has 0 amide bonds. The van der Waals surface area contributed by atoms with E-state index in [0.717, 1.165) is 24.7 Å². The highest BCUT2D eigenvalue weighted by Gasteiger charge is 2.33. The molecule has 1 aliphatic heterocycles. The average Bonchev–Trinajstić information content (AvgIpc) is 2.63. The molecule has 0 atom stereocenters. The van der Waals surface area contributed by atoms with Gasteiger partial charge in [-0.1, -0.05) is 30.3 Å². The molecule has 0 radical (unpaired) electrons. The number of non-ortho nitro benzene ring substituents is 1. The van der Waals surface area contributed by atoms with Gasteiger partial charge >= 0.3 is 6.18 Å². The Morgan fingerprint density at radius 2 is 1.44 bits per heavy atom. The number of benzene rings is 2. The van der Waals surface area contributed by atoms with Gasteiger partial charge in [-0.3, -0.25) is 19.9 Å². The van der Waals surface area contributed by atoms with Gasteiger partial charge in [0, 0.05) is 51.4 Å². The number of nitrogens with zero attached hydrogens (tertiary/aromatic N) is 3. The second-order valence-corrected chi connectivity index (χ2v) is 6.63. The molecule has 0 bridgehead atoms. The minimum Gasteiger partial charge on any atom is -0.297 e. The zero-order valence-corrected chi connectivity index (χ0v) is 14.7. The Kier molecular flexibility index (Phi) is 5.76. The van der Waals surface area contributed by atoms with E-state index in [1.165, 1.54) is 24.3 Å². The third kappa shape index (κ3) is 5.05. The van der Waals surface area contributed by atoms with Crippen molar-refractivity contribution in [2.75, 3.05) is 26.2 Å². The number of rotatable bonds is 5. The second kappa shape index (κ2) is 8.06. The Balaban J connectivity index is 1.54. The van der Waals surface area contributed by atoms with E-state index >= 15 is 0 Å². The van der Waals surface area contributed by atoms with Crippen LogP contribution in [0.5, 0.6) is 0 Å². The third-order valence-corrected chi connectivity index (χ3v) is 4.73. The SMILES string of the molecule is O=[N+]([O-])c1ccc(CN2CCN(Cc3ccccc3C(F)(F)F)CC2)cc1. The molecule has 8 heteroatoms. The van der Waals surface area contributed by atoms with Crippen LogP contribution in [0, 0.1) is 10.1 Å². The Bertz CT molecular complexity index is 786. The predicted molar refractivity (Wildman–Crippen MR) is 95.1 cm³/mol. The molecule has 0 saturated carbocycles. The summed E-state index contributed by atoms with van der Waals surface area (Å²) in [6.07, 6.45) is -4.34. The fourth-order valence-corrected chi connectivity index (χ4v) is 3.26. The number of alkyl halides is 3. The van der Waals surface area contributed by atoms with E-state index in [-0.39, 0.29) is 12.2 Å². The lowest BCUT2D eigenvalue weighted by Crippen LogP contribution is -2.45. The molecule has 5 nitrogen and oxygen atoms in total. The van der Waals surface area contributed by atoms with Gasteiger partial charge in [-0.2, -0.15) is 13.2 Å². The summed E-state index contributed by atoms with van der Waals surface area (Å²) in [6, 6.07) is 12.2. The van der Waals surface area contributed by atoms with Gasteiger partial charge < -0.3 is 0 Å². The van der Waals surface area contributed by atoms with Gasteiger partial charge in [0.05, 0.1) is 10.5 Å². The molecule has 0 N–H and O–H groups in total. The van der Waals surface area contributed by atoms with Crippen molar-refractivity contribution in [3.05, 3.63) is 75.3 Å². The molecule has 0 unspecified atom stereocenters. The summed E-state index contributed by atoms with van der Waals surface area (Å²) in [5, 5.41) is 10.7. The lowest BCUT2D eigenvalue weighted by Gasteiger charge is -2.35. The molecule has 2 aromatic rings. The summed E-state index contributed by atoms with van der Waals surface area (Å²) >= 11 is 0. The van der Waals surface area contributed by atoms with Crippen molar-refractivity contribution in [1.82, 2.24) is 9.80 Å². The van der Waals surface area contributed by atoms with Crippen LogP contribution >= 0.6 is 0 Å². The first-order valence-corrected chi connectivity index (χ1v) is 8.66. The maximum Gasteiger partial charge on any atom is 0.416 e. The van der Waals surface area contributed by atoms with Crippen LogP contribution < -0.4 is 0 Å². The van der Waals surface area contributed by atoms with E-state index in [1.54, 1.807) is 18.2 Å². The number of hydrogen-bond donors (Lipinski definition) is 0. The summed E-state index contributed by atoms with van der Waals surface area (Å²) < 4.78 is 39.3. The maximum absolute atomic E-state index is 13.1. The van der Waals surface area contributed by atoms with Crippen molar-refractivity contribution in [3.63, 3.8) is 0 Å². The molecule has 2 aromatic carbocycles. The maximum atomic E-state index is 13.1.